The Balaban J connectivity index is 1.28. The Kier molecular flexibility index (Phi) is 7.42. The Labute approximate surface area is 221 Å². The van der Waals surface area contributed by atoms with E-state index in [9.17, 15) is 14.0 Å². The zero-order valence-electron chi connectivity index (χ0n) is 20.8. The van der Waals surface area contributed by atoms with Crippen LogP contribution in [0.15, 0.2) is 60.9 Å². The number of hydrogen-bond acceptors (Lipinski definition) is 4. The lowest BCUT2D eigenvalue weighted by molar-refractivity contribution is 0.0709. The van der Waals surface area contributed by atoms with Crippen LogP contribution in [0.2, 0.25) is 5.02 Å². The molecule has 2 amide bonds. The number of carbonyl (C=O) groups is 2. The van der Waals surface area contributed by atoms with E-state index in [0.29, 0.717) is 5.56 Å². The van der Waals surface area contributed by atoms with Crippen molar-refractivity contribution >= 4 is 29.1 Å². The molecule has 1 saturated heterocycles. The van der Waals surface area contributed by atoms with Crippen molar-refractivity contribution in [2.45, 2.75) is 44.2 Å². The second-order valence-corrected chi connectivity index (χ2v) is 10.2. The summed E-state index contributed by atoms with van der Waals surface area (Å²) in [5.41, 5.74) is 3.94. The highest BCUT2D eigenvalue weighted by Gasteiger charge is 2.28. The maximum atomic E-state index is 13.7. The molecule has 3 aromatic rings. The molecule has 1 aromatic heterocycles. The molecule has 6 nitrogen and oxygen atoms in total. The van der Waals surface area contributed by atoms with E-state index in [1.54, 1.807) is 12.4 Å². The fourth-order valence-corrected chi connectivity index (χ4v) is 5.63. The fraction of sp³-hybridized carbons (Fsp3) is 0.345. The molecular weight excluding hydrogens is 491 g/mol. The lowest BCUT2D eigenvalue weighted by Gasteiger charge is -2.38. The first-order valence-electron chi connectivity index (χ1n) is 12.7. The van der Waals surface area contributed by atoms with Crippen molar-refractivity contribution in [1.82, 2.24) is 15.2 Å². The van der Waals surface area contributed by atoms with Crippen LogP contribution in [0.5, 0.6) is 0 Å². The van der Waals surface area contributed by atoms with Gasteiger partial charge in [0, 0.05) is 49.8 Å². The average molecular weight is 521 g/mol. The molecule has 0 saturated carbocycles. The Morgan fingerprint density at radius 2 is 1.81 bits per heavy atom. The summed E-state index contributed by atoms with van der Waals surface area (Å²) >= 11 is 6.14. The van der Waals surface area contributed by atoms with Gasteiger partial charge in [-0.05, 0) is 85.7 Å². The third-order valence-corrected chi connectivity index (χ3v) is 7.88. The van der Waals surface area contributed by atoms with Crippen LogP contribution in [-0.2, 0) is 6.42 Å². The molecule has 37 heavy (non-hydrogen) atoms. The van der Waals surface area contributed by atoms with E-state index < -0.39 is 11.7 Å². The van der Waals surface area contributed by atoms with Gasteiger partial charge in [-0.25, -0.2) is 4.39 Å². The van der Waals surface area contributed by atoms with Crippen molar-refractivity contribution in [1.29, 1.82) is 0 Å². The van der Waals surface area contributed by atoms with E-state index in [4.69, 9.17) is 11.6 Å². The molecule has 1 N–H and O–H groups in total. The number of hydrogen-bond donors (Lipinski definition) is 1. The molecular formula is C29H30ClFN4O2. The molecule has 2 aromatic carbocycles. The third-order valence-electron chi connectivity index (χ3n) is 7.55. The quantitative estimate of drug-likeness (QED) is 0.487. The number of aryl methyl sites for hydroxylation is 1. The maximum absolute atomic E-state index is 13.7. The van der Waals surface area contributed by atoms with Gasteiger partial charge in [-0.3, -0.25) is 14.6 Å². The average Bonchev–Trinajstić information content (AvgIpc) is 2.94. The second-order valence-electron chi connectivity index (χ2n) is 9.80. The predicted molar refractivity (Wildman–Crippen MR) is 143 cm³/mol. The van der Waals surface area contributed by atoms with Crippen molar-refractivity contribution in [3.8, 4) is 0 Å². The normalized spacial score (nSPS) is 17.7. The Bertz CT molecular complexity index is 1290. The molecule has 5 rings (SSSR count). The summed E-state index contributed by atoms with van der Waals surface area (Å²) < 4.78 is 13.7. The fourth-order valence-electron chi connectivity index (χ4n) is 5.43. The number of halogens is 2. The van der Waals surface area contributed by atoms with Gasteiger partial charge in [0.05, 0.1) is 16.6 Å². The maximum Gasteiger partial charge on any atom is 0.253 e. The van der Waals surface area contributed by atoms with Crippen LogP contribution >= 0.6 is 11.6 Å². The number of piperidine rings is 1. The van der Waals surface area contributed by atoms with Gasteiger partial charge < -0.3 is 15.1 Å². The summed E-state index contributed by atoms with van der Waals surface area (Å²) in [6, 6.07) is 13.5. The number of nitrogens with zero attached hydrogens (tertiary/aromatic N) is 3. The van der Waals surface area contributed by atoms with Crippen molar-refractivity contribution in [2.24, 2.45) is 0 Å². The summed E-state index contributed by atoms with van der Waals surface area (Å²) in [7, 11) is 1.87. The molecule has 192 valence electrons. The molecule has 0 spiro atoms. The number of amides is 2. The van der Waals surface area contributed by atoms with Crippen LogP contribution in [-0.4, -0.2) is 47.9 Å². The Morgan fingerprint density at radius 1 is 1.05 bits per heavy atom. The number of rotatable bonds is 5. The lowest BCUT2D eigenvalue weighted by atomic mass is 9.86. The van der Waals surface area contributed by atoms with E-state index in [1.165, 1.54) is 12.1 Å². The first-order valence-corrected chi connectivity index (χ1v) is 13.1. The van der Waals surface area contributed by atoms with Crippen molar-refractivity contribution in [3.63, 3.8) is 0 Å². The molecule has 0 radical (unpaired) electrons. The summed E-state index contributed by atoms with van der Waals surface area (Å²) in [6.45, 7) is 1.76. The van der Waals surface area contributed by atoms with Gasteiger partial charge in [0.15, 0.2) is 0 Å². The smallest absolute Gasteiger partial charge is 0.253 e. The largest absolute Gasteiger partial charge is 0.371 e. The highest BCUT2D eigenvalue weighted by molar-refractivity contribution is 6.33. The zero-order chi connectivity index (χ0) is 25.9. The minimum atomic E-state index is -0.513. The number of nitrogens with one attached hydrogen (secondary N) is 1. The van der Waals surface area contributed by atoms with Crippen molar-refractivity contribution in [2.75, 3.05) is 25.0 Å². The number of benzene rings is 2. The summed E-state index contributed by atoms with van der Waals surface area (Å²) in [6.07, 6.45) is 7.93. The van der Waals surface area contributed by atoms with Gasteiger partial charge in [0.25, 0.3) is 11.8 Å². The van der Waals surface area contributed by atoms with Gasteiger partial charge in [-0.1, -0.05) is 17.7 Å². The van der Waals surface area contributed by atoms with Gasteiger partial charge in [-0.2, -0.15) is 0 Å². The molecule has 2 heterocycles. The lowest BCUT2D eigenvalue weighted by Crippen LogP contribution is -2.45. The summed E-state index contributed by atoms with van der Waals surface area (Å²) in [4.78, 5) is 34.7. The number of carbonyl (C=O) groups excluding carboxylic acids is 2. The molecule has 1 aliphatic heterocycles. The molecule has 8 heteroatoms. The zero-order valence-corrected chi connectivity index (χ0v) is 21.5. The van der Waals surface area contributed by atoms with E-state index in [-0.39, 0.29) is 28.6 Å². The molecule has 0 bridgehead atoms. The van der Waals surface area contributed by atoms with Crippen LogP contribution in [0, 0.1) is 5.82 Å². The predicted octanol–water partition coefficient (Wildman–Crippen LogP) is 5.42. The number of fused-ring (bicyclic) bond motifs is 1. The number of anilines is 1. The third kappa shape index (κ3) is 5.47. The summed E-state index contributed by atoms with van der Waals surface area (Å²) in [5.74, 6) is -0.952. The standard InChI is InChI=1S/C29H30ClFN4O2/c1-34(22-11-15-35(16-12-22)23-9-13-32-14-10-23)29(37)20-6-5-19-3-2-4-27(24(19)17-20)33-28(36)25-18-21(31)7-8-26(25)30/h5-10,13-14,17-18,22,27H,2-4,11-12,15-16H2,1H3,(H,33,36). The van der Waals surface area contributed by atoms with E-state index in [2.05, 4.69) is 15.2 Å². The SMILES string of the molecule is CN(C(=O)c1ccc2c(c1)C(NC(=O)c1cc(F)ccc1Cl)CCC2)C1CCN(c2ccncc2)CC1. The molecule has 1 fully saturated rings. The second kappa shape index (κ2) is 10.9. The van der Waals surface area contributed by atoms with Crippen LogP contribution in [0.1, 0.15) is 63.6 Å². The number of aromatic nitrogens is 1. The highest BCUT2D eigenvalue weighted by Crippen LogP contribution is 2.32. The molecule has 1 atom stereocenters. The van der Waals surface area contributed by atoms with Gasteiger partial charge in [0.1, 0.15) is 5.82 Å². The minimum Gasteiger partial charge on any atom is -0.371 e. The van der Waals surface area contributed by atoms with Crippen molar-refractivity contribution in [3.05, 3.63) is 94.0 Å². The van der Waals surface area contributed by atoms with E-state index in [1.807, 2.05) is 42.3 Å². The van der Waals surface area contributed by atoms with Crippen LogP contribution in [0.3, 0.4) is 0 Å². The van der Waals surface area contributed by atoms with E-state index in [0.717, 1.165) is 68.1 Å². The Hall–Kier alpha value is -3.45. The Morgan fingerprint density at radius 3 is 2.57 bits per heavy atom. The van der Waals surface area contributed by atoms with Crippen LogP contribution in [0.4, 0.5) is 10.1 Å². The topological polar surface area (TPSA) is 65.5 Å². The molecule has 2 aliphatic rings. The minimum absolute atomic E-state index is 0.0195. The van der Waals surface area contributed by atoms with Crippen LogP contribution in [0.25, 0.3) is 0 Å². The molecule has 1 aliphatic carbocycles. The summed E-state index contributed by atoms with van der Waals surface area (Å²) in [5, 5.41) is 3.22. The van der Waals surface area contributed by atoms with Gasteiger partial charge in [0.2, 0.25) is 0 Å². The molecule has 1 unspecified atom stereocenters. The monoisotopic (exact) mass is 520 g/mol. The van der Waals surface area contributed by atoms with Crippen molar-refractivity contribution < 1.29 is 14.0 Å². The number of pyridine rings is 1. The van der Waals surface area contributed by atoms with Crippen LogP contribution < -0.4 is 10.2 Å². The van der Waals surface area contributed by atoms with E-state index >= 15 is 0 Å². The first-order chi connectivity index (χ1) is 17.9. The van der Waals surface area contributed by atoms with Gasteiger partial charge >= 0.3 is 0 Å². The highest BCUT2D eigenvalue weighted by atomic mass is 35.5. The first kappa shape index (κ1) is 25.2. The van der Waals surface area contributed by atoms with Gasteiger partial charge in [-0.15, -0.1) is 0 Å².